The Balaban J connectivity index is 0. The highest BCUT2D eigenvalue weighted by atomic mass is 32.2. The lowest BCUT2D eigenvalue weighted by Gasteiger charge is -2.18. The molecule has 0 amide bonds. The van der Waals surface area contributed by atoms with E-state index in [-0.39, 0.29) is 7.21 Å². The lowest BCUT2D eigenvalue weighted by Crippen LogP contribution is -2.27. The Morgan fingerprint density at radius 2 is 1.54 bits per heavy atom. The summed E-state index contributed by atoms with van der Waals surface area (Å²) in [6, 6.07) is 16.0. The van der Waals surface area contributed by atoms with E-state index >= 15 is 0 Å². The fourth-order valence-corrected chi connectivity index (χ4v) is 2.87. The van der Waals surface area contributed by atoms with E-state index in [9.17, 15) is 4.79 Å². The number of nitrogens with zero attached hydrogens (tertiary/aromatic N) is 1. The summed E-state index contributed by atoms with van der Waals surface area (Å²) >= 11 is 0. The number of hydrogen-bond donors (Lipinski definition) is 1. The summed E-state index contributed by atoms with van der Waals surface area (Å²) in [4.78, 5) is 23.4. The largest absolute Gasteiger partial charge is 0.565 e. The first-order valence-electron chi connectivity index (χ1n) is 11.3. The molecular weight excluding hydrogens is 521 g/mol. The normalized spacial score (nSPS) is 10.9. The van der Waals surface area contributed by atoms with E-state index in [1.807, 2.05) is 48.6 Å². The molecule has 0 aliphatic carbocycles. The maximum absolute atomic E-state index is 12.1. The predicted octanol–water partition coefficient (Wildman–Crippen LogP) is 4.00. The highest BCUT2D eigenvalue weighted by molar-refractivity contribution is 7.59. The molecule has 1 unspecified atom stereocenters. The zero-order valence-corrected chi connectivity index (χ0v) is 22.7. The standard InChI is InChI=1S/C25H31NO2.HO4P.O3S.H2/c1-4-21-9-7-10-22(19-21)13-15-24(27)16-14-23-11-8-12-25(20-23)28-18-17-26(5-2)6-3;1-4-5(2)3;1-4(2)3;/h7-16,19-20H,4-6,17-18H2,1-3H3;1H;;1H/b15-13+,16-14+;;;. The van der Waals surface area contributed by atoms with Crippen LogP contribution < -0.4 is 9.63 Å². The molecule has 0 spiro atoms. The van der Waals surface area contributed by atoms with Crippen molar-refractivity contribution in [3.05, 3.63) is 77.4 Å². The van der Waals surface area contributed by atoms with Crippen molar-refractivity contribution in [2.45, 2.75) is 27.2 Å². The Kier molecular flexibility index (Phi) is 19.3. The van der Waals surface area contributed by atoms with Gasteiger partial charge in [-0.1, -0.05) is 69.3 Å². The molecule has 0 aliphatic heterocycles. The summed E-state index contributed by atoms with van der Waals surface area (Å²) in [6.07, 6.45) is 7.87. The highest BCUT2D eigenvalue weighted by Gasteiger charge is 2.00. The smallest absolute Gasteiger partial charge is 0.521 e. The third-order valence-corrected chi connectivity index (χ3v) is 4.87. The second-order valence-corrected chi connectivity index (χ2v) is 8.14. The zero-order valence-electron chi connectivity index (χ0n) is 21.0. The monoisotopic (exact) mass is 555 g/mol. The number of ketones is 1. The molecule has 2 aromatic carbocycles. The number of ether oxygens (including phenoxy) is 1. The number of hydrogen-bond acceptors (Lipinski definition) is 10. The van der Waals surface area contributed by atoms with Crippen LogP contribution in [0.5, 0.6) is 5.75 Å². The maximum atomic E-state index is 12.1. The molecule has 1 atom stereocenters. The molecule has 0 saturated heterocycles. The van der Waals surface area contributed by atoms with Crippen LogP contribution in [0, 0.1) is 0 Å². The van der Waals surface area contributed by atoms with Crippen molar-refractivity contribution in [3.63, 3.8) is 0 Å². The Morgan fingerprint density at radius 3 is 2.03 bits per heavy atom. The topological polar surface area (TPSA) is 150 Å². The molecule has 204 valence electrons. The van der Waals surface area contributed by atoms with Gasteiger partial charge in [-0.25, -0.2) is 5.26 Å². The number of likely N-dealkylation sites (N-methyl/N-ethyl adjacent to an activating group) is 1. The van der Waals surface area contributed by atoms with Crippen molar-refractivity contribution in [1.82, 2.24) is 4.90 Å². The van der Waals surface area contributed by atoms with Crippen LogP contribution in [0.1, 0.15) is 38.9 Å². The molecule has 0 radical (unpaired) electrons. The SMILES string of the molecule is CCc1cccc(/C=C/C(=O)/C=C/c2cccc(OCCN(CC)CC)c2)c1.O=S(=O)=O.O=[P+]([O-])OO.[HH]. The molecule has 0 heterocycles. The number of rotatable bonds is 12. The first-order valence-corrected chi connectivity index (χ1v) is 13.4. The minimum atomic E-state index is -3.11. The van der Waals surface area contributed by atoms with E-state index in [1.54, 1.807) is 12.2 Å². The lowest BCUT2D eigenvalue weighted by atomic mass is 10.1. The minimum absolute atomic E-state index is 0. The molecule has 12 heteroatoms. The number of aryl methyl sites for hydroxylation is 1. The van der Waals surface area contributed by atoms with Gasteiger partial charge in [-0.15, -0.1) is 12.6 Å². The Bertz CT molecular complexity index is 1130. The third kappa shape index (κ3) is 18.8. The van der Waals surface area contributed by atoms with Crippen LogP contribution in [0.25, 0.3) is 12.2 Å². The molecule has 1 N–H and O–H groups in total. The quantitative estimate of drug-likeness (QED) is 0.176. The van der Waals surface area contributed by atoms with Gasteiger partial charge < -0.3 is 14.5 Å². The fraction of sp³-hybridized carbons (Fsp3) is 0.320. The number of carbonyl (C=O) groups excluding carboxylic acids is 1. The molecule has 37 heavy (non-hydrogen) atoms. The van der Waals surface area contributed by atoms with Crippen LogP contribution in [-0.2, 0) is 31.1 Å². The molecule has 0 fully saturated rings. The number of carbonyl (C=O) groups is 1. The van der Waals surface area contributed by atoms with Gasteiger partial charge in [-0.2, -0.15) is 0 Å². The van der Waals surface area contributed by atoms with Crippen molar-refractivity contribution in [2.75, 3.05) is 26.2 Å². The van der Waals surface area contributed by atoms with E-state index in [0.717, 1.165) is 42.9 Å². The average molecular weight is 556 g/mol. The van der Waals surface area contributed by atoms with Crippen LogP contribution in [0.3, 0.4) is 0 Å². The van der Waals surface area contributed by atoms with Gasteiger partial charge in [0, 0.05) is 12.6 Å². The van der Waals surface area contributed by atoms with Crippen molar-refractivity contribution < 1.29 is 43.0 Å². The fourth-order valence-electron chi connectivity index (χ4n) is 2.87. The van der Waals surface area contributed by atoms with Gasteiger partial charge in [0.2, 0.25) is 0 Å². The first kappa shape index (κ1) is 34.0. The lowest BCUT2D eigenvalue weighted by molar-refractivity contribution is -0.244. The van der Waals surface area contributed by atoms with Crippen LogP contribution in [0.4, 0.5) is 0 Å². The summed E-state index contributed by atoms with van der Waals surface area (Å²) in [5, 5.41) is 7.05. The third-order valence-electron chi connectivity index (χ3n) is 4.73. The zero-order chi connectivity index (χ0) is 28.1. The second-order valence-electron chi connectivity index (χ2n) is 7.12. The van der Waals surface area contributed by atoms with Crippen LogP contribution in [-0.4, -0.2) is 54.8 Å². The van der Waals surface area contributed by atoms with Crippen molar-refractivity contribution in [3.8, 4) is 5.75 Å². The van der Waals surface area contributed by atoms with Crippen molar-refractivity contribution in [2.24, 2.45) is 0 Å². The van der Waals surface area contributed by atoms with Crippen molar-refractivity contribution >= 4 is 36.8 Å². The summed E-state index contributed by atoms with van der Waals surface area (Å²) in [5.41, 5.74) is 3.27. The van der Waals surface area contributed by atoms with E-state index in [1.165, 1.54) is 5.56 Å². The summed E-state index contributed by atoms with van der Waals surface area (Å²) in [6.45, 7) is 10.1. The number of allylic oxidation sites excluding steroid dienone is 2. The van der Waals surface area contributed by atoms with Gasteiger partial charge in [-0.3, -0.25) is 4.79 Å². The molecule has 2 aromatic rings. The van der Waals surface area contributed by atoms with E-state index in [2.05, 4.69) is 42.5 Å². The molecule has 2 rings (SSSR count). The number of benzene rings is 2. The molecule has 0 saturated carbocycles. The summed E-state index contributed by atoms with van der Waals surface area (Å²) in [5.74, 6) is 0.795. The predicted molar refractivity (Wildman–Crippen MR) is 142 cm³/mol. The van der Waals surface area contributed by atoms with Crippen LogP contribution in [0.15, 0.2) is 60.7 Å². The van der Waals surface area contributed by atoms with Gasteiger partial charge in [-0.05, 0) is 65.1 Å². The van der Waals surface area contributed by atoms with Gasteiger partial charge in [0.1, 0.15) is 12.4 Å². The Morgan fingerprint density at radius 1 is 1.03 bits per heavy atom. The first-order chi connectivity index (χ1) is 17.6. The van der Waals surface area contributed by atoms with Crippen LogP contribution >= 0.6 is 8.25 Å². The molecule has 10 nitrogen and oxygen atoms in total. The van der Waals surface area contributed by atoms with Gasteiger partial charge in [0.25, 0.3) is 0 Å². The molecule has 0 aromatic heterocycles. The molecular formula is C25H34NO9PS. The Labute approximate surface area is 221 Å². The highest BCUT2D eigenvalue weighted by Crippen LogP contribution is 2.15. The maximum Gasteiger partial charge on any atom is 0.521 e. The van der Waals surface area contributed by atoms with E-state index in [4.69, 9.17) is 32.1 Å². The van der Waals surface area contributed by atoms with Crippen LogP contribution in [0.2, 0.25) is 0 Å². The second kappa shape index (κ2) is 21.1. The van der Waals surface area contributed by atoms with Crippen molar-refractivity contribution in [1.29, 1.82) is 0 Å². The molecule has 0 aliphatic rings. The van der Waals surface area contributed by atoms with Gasteiger partial charge in [0.15, 0.2) is 5.78 Å². The molecule has 0 bridgehead atoms. The minimum Gasteiger partial charge on any atom is -0.565 e. The van der Waals surface area contributed by atoms with Gasteiger partial charge in [0.05, 0.1) is 0 Å². The Hall–Kier alpha value is -3.05. The summed E-state index contributed by atoms with van der Waals surface area (Å²) < 4.78 is 42.8. The average Bonchev–Trinajstić information content (AvgIpc) is 2.89. The summed E-state index contributed by atoms with van der Waals surface area (Å²) in [7, 11) is -6.15. The van der Waals surface area contributed by atoms with Gasteiger partial charge >= 0.3 is 18.9 Å². The van der Waals surface area contributed by atoms with E-state index in [0.29, 0.717) is 6.61 Å². The van der Waals surface area contributed by atoms with E-state index < -0.39 is 18.9 Å².